The lowest BCUT2D eigenvalue weighted by atomic mass is 10.1. The van der Waals surface area contributed by atoms with Gasteiger partial charge in [-0.2, -0.15) is 0 Å². The van der Waals surface area contributed by atoms with E-state index < -0.39 is 0 Å². The Hall–Kier alpha value is -0.960. The van der Waals surface area contributed by atoms with Crippen molar-refractivity contribution in [1.29, 1.82) is 0 Å². The van der Waals surface area contributed by atoms with Gasteiger partial charge in [0.2, 0.25) is 0 Å². The van der Waals surface area contributed by atoms with Gasteiger partial charge in [-0.05, 0) is 32.4 Å². The fourth-order valence-corrected chi connectivity index (χ4v) is 1.53. The van der Waals surface area contributed by atoms with Gasteiger partial charge in [-0.1, -0.05) is 13.8 Å². The molecule has 1 rings (SSSR count). The average molecular weight is 193 g/mol. The number of hydrogen-bond donors (Lipinski definition) is 1. The van der Waals surface area contributed by atoms with E-state index in [1.54, 1.807) is 0 Å². The summed E-state index contributed by atoms with van der Waals surface area (Å²) < 4.78 is 0. The average Bonchev–Trinajstić information content (AvgIpc) is 2.10. The molecule has 0 unspecified atom stereocenters. The fourth-order valence-electron chi connectivity index (χ4n) is 1.53. The van der Waals surface area contributed by atoms with Crippen LogP contribution in [0.4, 0.5) is 0 Å². The highest BCUT2D eigenvalue weighted by atomic mass is 14.9. The SMILES string of the molecule is Cc1nc(C(C)C)nc(C)c1CCN. The third kappa shape index (κ3) is 2.29. The van der Waals surface area contributed by atoms with Crippen molar-refractivity contribution in [3.05, 3.63) is 22.8 Å². The van der Waals surface area contributed by atoms with Gasteiger partial charge in [-0.25, -0.2) is 9.97 Å². The third-order valence-corrected chi connectivity index (χ3v) is 2.35. The molecule has 0 fully saturated rings. The van der Waals surface area contributed by atoms with E-state index in [0.717, 1.165) is 23.6 Å². The Balaban J connectivity index is 3.11. The number of hydrogen-bond acceptors (Lipinski definition) is 3. The Bertz CT molecular complexity index is 295. The van der Waals surface area contributed by atoms with Crippen molar-refractivity contribution in [2.24, 2.45) is 5.73 Å². The maximum absolute atomic E-state index is 5.54. The predicted octanol–water partition coefficient (Wildman–Crippen LogP) is 1.72. The van der Waals surface area contributed by atoms with Crippen LogP contribution < -0.4 is 5.73 Å². The van der Waals surface area contributed by atoms with Gasteiger partial charge in [0.1, 0.15) is 5.82 Å². The molecule has 78 valence electrons. The Morgan fingerprint density at radius 1 is 1.14 bits per heavy atom. The second-order valence-corrected chi connectivity index (χ2v) is 3.92. The molecule has 0 radical (unpaired) electrons. The molecule has 1 heterocycles. The highest BCUT2D eigenvalue weighted by molar-refractivity contribution is 5.25. The van der Waals surface area contributed by atoms with Gasteiger partial charge in [0, 0.05) is 17.3 Å². The number of rotatable bonds is 3. The zero-order chi connectivity index (χ0) is 10.7. The van der Waals surface area contributed by atoms with Crippen molar-refractivity contribution in [1.82, 2.24) is 9.97 Å². The second-order valence-electron chi connectivity index (χ2n) is 3.92. The predicted molar refractivity (Wildman–Crippen MR) is 58.4 cm³/mol. The standard InChI is InChI=1S/C11H19N3/c1-7(2)11-13-8(3)10(5-6-12)9(4)14-11/h7H,5-6,12H2,1-4H3. The molecule has 0 spiro atoms. The van der Waals surface area contributed by atoms with Gasteiger partial charge in [0.05, 0.1) is 0 Å². The summed E-state index contributed by atoms with van der Waals surface area (Å²) in [4.78, 5) is 8.97. The Labute approximate surface area is 85.8 Å². The summed E-state index contributed by atoms with van der Waals surface area (Å²) >= 11 is 0. The first-order chi connectivity index (χ1) is 6.56. The van der Waals surface area contributed by atoms with Gasteiger partial charge >= 0.3 is 0 Å². The van der Waals surface area contributed by atoms with Gasteiger partial charge in [-0.15, -0.1) is 0 Å². The zero-order valence-corrected chi connectivity index (χ0v) is 9.46. The van der Waals surface area contributed by atoms with E-state index >= 15 is 0 Å². The molecule has 0 aliphatic rings. The van der Waals surface area contributed by atoms with Crippen molar-refractivity contribution in [2.75, 3.05) is 6.54 Å². The van der Waals surface area contributed by atoms with E-state index in [0.29, 0.717) is 12.5 Å². The van der Waals surface area contributed by atoms with E-state index in [1.165, 1.54) is 5.56 Å². The molecule has 0 amide bonds. The lowest BCUT2D eigenvalue weighted by molar-refractivity contribution is 0.744. The minimum Gasteiger partial charge on any atom is -0.330 e. The maximum atomic E-state index is 5.54. The molecule has 1 aromatic rings. The maximum Gasteiger partial charge on any atom is 0.131 e. The van der Waals surface area contributed by atoms with Gasteiger partial charge in [-0.3, -0.25) is 0 Å². The van der Waals surface area contributed by atoms with Crippen LogP contribution in [-0.4, -0.2) is 16.5 Å². The van der Waals surface area contributed by atoms with E-state index in [2.05, 4.69) is 23.8 Å². The van der Waals surface area contributed by atoms with Crippen LogP contribution in [0.1, 0.15) is 42.5 Å². The lowest BCUT2D eigenvalue weighted by Gasteiger charge is -2.11. The van der Waals surface area contributed by atoms with Gasteiger partial charge in [0.25, 0.3) is 0 Å². The number of nitrogens with zero attached hydrogens (tertiary/aromatic N) is 2. The minimum atomic E-state index is 0.388. The summed E-state index contributed by atoms with van der Waals surface area (Å²) in [6.45, 7) is 8.94. The second kappa shape index (κ2) is 4.51. The molecular weight excluding hydrogens is 174 g/mol. The highest BCUT2D eigenvalue weighted by Crippen LogP contribution is 2.15. The Morgan fingerprint density at radius 3 is 2.00 bits per heavy atom. The first-order valence-electron chi connectivity index (χ1n) is 5.10. The number of aryl methyl sites for hydroxylation is 2. The van der Waals surface area contributed by atoms with Crippen molar-refractivity contribution in [3.63, 3.8) is 0 Å². The van der Waals surface area contributed by atoms with Crippen molar-refractivity contribution in [3.8, 4) is 0 Å². The largest absolute Gasteiger partial charge is 0.330 e. The molecule has 0 saturated heterocycles. The molecule has 0 bridgehead atoms. The zero-order valence-electron chi connectivity index (χ0n) is 9.46. The molecule has 14 heavy (non-hydrogen) atoms. The summed E-state index contributed by atoms with van der Waals surface area (Å²) in [6, 6.07) is 0. The number of aromatic nitrogens is 2. The monoisotopic (exact) mass is 193 g/mol. The summed E-state index contributed by atoms with van der Waals surface area (Å²) in [6.07, 6.45) is 0.871. The normalized spacial score (nSPS) is 11.0. The van der Waals surface area contributed by atoms with Gasteiger partial charge < -0.3 is 5.73 Å². The summed E-state index contributed by atoms with van der Waals surface area (Å²) in [5.41, 5.74) is 8.90. The third-order valence-electron chi connectivity index (χ3n) is 2.35. The quantitative estimate of drug-likeness (QED) is 0.795. The van der Waals surface area contributed by atoms with Crippen molar-refractivity contribution >= 4 is 0 Å². The molecule has 0 saturated carbocycles. The molecule has 0 aliphatic heterocycles. The molecule has 2 N–H and O–H groups in total. The lowest BCUT2D eigenvalue weighted by Crippen LogP contribution is -2.11. The van der Waals surface area contributed by atoms with E-state index in [9.17, 15) is 0 Å². The molecular formula is C11H19N3. The molecule has 3 heteroatoms. The molecule has 0 atom stereocenters. The van der Waals surface area contributed by atoms with Crippen LogP contribution in [-0.2, 0) is 6.42 Å². The van der Waals surface area contributed by atoms with Crippen LogP contribution in [0.2, 0.25) is 0 Å². The van der Waals surface area contributed by atoms with E-state index in [4.69, 9.17) is 5.73 Å². The van der Waals surface area contributed by atoms with Crippen LogP contribution in [0, 0.1) is 13.8 Å². The summed E-state index contributed by atoms with van der Waals surface area (Å²) in [7, 11) is 0. The number of nitrogens with two attached hydrogens (primary N) is 1. The first-order valence-corrected chi connectivity index (χ1v) is 5.10. The Morgan fingerprint density at radius 2 is 1.64 bits per heavy atom. The highest BCUT2D eigenvalue weighted by Gasteiger charge is 2.09. The first kappa shape index (κ1) is 11.1. The smallest absolute Gasteiger partial charge is 0.131 e. The van der Waals surface area contributed by atoms with Crippen LogP contribution in [0.5, 0.6) is 0 Å². The van der Waals surface area contributed by atoms with Crippen molar-refractivity contribution < 1.29 is 0 Å². The molecule has 0 aromatic carbocycles. The van der Waals surface area contributed by atoms with E-state index in [1.807, 2.05) is 13.8 Å². The molecule has 0 aliphatic carbocycles. The van der Waals surface area contributed by atoms with Crippen molar-refractivity contribution in [2.45, 2.75) is 40.0 Å². The summed E-state index contributed by atoms with van der Waals surface area (Å²) in [5.74, 6) is 1.32. The topological polar surface area (TPSA) is 51.8 Å². The Kier molecular flexibility index (Phi) is 3.58. The van der Waals surface area contributed by atoms with Crippen LogP contribution >= 0.6 is 0 Å². The van der Waals surface area contributed by atoms with Gasteiger partial charge in [0.15, 0.2) is 0 Å². The molecule has 1 aromatic heterocycles. The fraction of sp³-hybridized carbons (Fsp3) is 0.636. The minimum absolute atomic E-state index is 0.388. The summed E-state index contributed by atoms with van der Waals surface area (Å²) in [5, 5.41) is 0. The van der Waals surface area contributed by atoms with Crippen LogP contribution in [0.3, 0.4) is 0 Å². The van der Waals surface area contributed by atoms with E-state index in [-0.39, 0.29) is 0 Å². The van der Waals surface area contributed by atoms with Crippen LogP contribution in [0.15, 0.2) is 0 Å². The van der Waals surface area contributed by atoms with Crippen LogP contribution in [0.25, 0.3) is 0 Å². The molecule has 3 nitrogen and oxygen atoms in total.